The van der Waals surface area contributed by atoms with Crippen LogP contribution in [0.2, 0.25) is 0 Å². The maximum atomic E-state index is 13.1. The van der Waals surface area contributed by atoms with E-state index in [2.05, 4.69) is 25.8 Å². The van der Waals surface area contributed by atoms with Gasteiger partial charge in [0.15, 0.2) is 0 Å². The Labute approximate surface area is 192 Å². The van der Waals surface area contributed by atoms with E-state index in [9.17, 15) is 9.59 Å². The highest BCUT2D eigenvalue weighted by atomic mass is 79.9. The Morgan fingerprint density at radius 1 is 0.935 bits per heavy atom. The van der Waals surface area contributed by atoms with Gasteiger partial charge in [0.05, 0.1) is 23.5 Å². The molecule has 2 aliphatic heterocycles. The molecule has 164 valence electrons. The number of piperazine rings is 1. The summed E-state index contributed by atoms with van der Waals surface area (Å²) in [5, 5.41) is 0. The van der Waals surface area contributed by atoms with E-state index in [1.807, 2.05) is 53.1 Å². The number of benzene rings is 1. The number of piperidine rings is 1. The fourth-order valence-corrected chi connectivity index (χ4v) is 4.71. The number of hydrogen-bond donors (Lipinski definition) is 0. The van der Waals surface area contributed by atoms with Crippen molar-refractivity contribution in [2.75, 3.05) is 45.8 Å². The molecule has 31 heavy (non-hydrogen) atoms. The fraction of sp³-hybridized carbons (Fsp3) is 0.458. The van der Waals surface area contributed by atoms with Gasteiger partial charge in [-0.15, -0.1) is 0 Å². The number of rotatable bonds is 4. The minimum absolute atomic E-state index is 0.0211. The number of aromatic nitrogens is 1. The van der Waals surface area contributed by atoms with Crippen molar-refractivity contribution in [2.24, 2.45) is 0 Å². The summed E-state index contributed by atoms with van der Waals surface area (Å²) in [4.78, 5) is 36.3. The summed E-state index contributed by atoms with van der Waals surface area (Å²) < 4.78 is 1.00. The van der Waals surface area contributed by atoms with Gasteiger partial charge in [-0.05, 0) is 50.5 Å². The third kappa shape index (κ3) is 5.33. The number of nitrogens with zero attached hydrogens (tertiary/aromatic N) is 4. The monoisotopic (exact) mass is 484 g/mol. The Morgan fingerprint density at radius 2 is 1.68 bits per heavy atom. The van der Waals surface area contributed by atoms with Crippen LogP contribution >= 0.6 is 15.9 Å². The third-order valence-electron chi connectivity index (χ3n) is 6.16. The molecule has 3 heterocycles. The van der Waals surface area contributed by atoms with Gasteiger partial charge in [0.2, 0.25) is 5.91 Å². The van der Waals surface area contributed by atoms with Crippen molar-refractivity contribution >= 4 is 27.7 Å². The number of carbonyl (C=O) groups is 2. The largest absolute Gasteiger partial charge is 0.342 e. The van der Waals surface area contributed by atoms with E-state index < -0.39 is 0 Å². The van der Waals surface area contributed by atoms with Gasteiger partial charge in [-0.3, -0.25) is 19.5 Å². The SMILES string of the molecule is Cc1nc(-c2cccc(Br)c2)ccc1C(=O)N1CCN(CC(=O)N2CCCCC2)CC1. The first-order valence-electron chi connectivity index (χ1n) is 11.0. The van der Waals surface area contributed by atoms with Gasteiger partial charge in [0.1, 0.15) is 0 Å². The van der Waals surface area contributed by atoms with E-state index in [4.69, 9.17) is 0 Å². The Hall–Kier alpha value is -2.25. The van der Waals surface area contributed by atoms with Gasteiger partial charge in [-0.2, -0.15) is 0 Å². The van der Waals surface area contributed by atoms with Crippen molar-refractivity contribution in [3.63, 3.8) is 0 Å². The molecule has 0 atom stereocenters. The molecule has 0 N–H and O–H groups in total. The lowest BCUT2D eigenvalue weighted by atomic mass is 10.1. The highest BCUT2D eigenvalue weighted by molar-refractivity contribution is 9.10. The maximum absolute atomic E-state index is 13.1. The maximum Gasteiger partial charge on any atom is 0.255 e. The quantitative estimate of drug-likeness (QED) is 0.665. The topological polar surface area (TPSA) is 56.8 Å². The first-order valence-corrected chi connectivity index (χ1v) is 11.8. The van der Waals surface area contributed by atoms with Crippen LogP contribution in [-0.2, 0) is 4.79 Å². The second-order valence-corrected chi connectivity index (χ2v) is 9.27. The van der Waals surface area contributed by atoms with Gasteiger partial charge in [-0.25, -0.2) is 0 Å². The molecule has 4 rings (SSSR count). The number of halogens is 1. The number of amides is 2. The average molecular weight is 485 g/mol. The Morgan fingerprint density at radius 3 is 2.35 bits per heavy atom. The molecule has 0 bridgehead atoms. The van der Waals surface area contributed by atoms with Crippen LogP contribution in [-0.4, -0.2) is 77.3 Å². The second kappa shape index (κ2) is 9.92. The second-order valence-electron chi connectivity index (χ2n) is 8.35. The van der Waals surface area contributed by atoms with Crippen LogP contribution in [0, 0.1) is 6.92 Å². The fourth-order valence-electron chi connectivity index (χ4n) is 4.31. The molecule has 2 aromatic rings. The molecule has 6 nitrogen and oxygen atoms in total. The lowest BCUT2D eigenvalue weighted by molar-refractivity contribution is -0.133. The van der Waals surface area contributed by atoms with Gasteiger partial charge in [-0.1, -0.05) is 28.1 Å². The molecule has 1 aromatic heterocycles. The first-order chi connectivity index (χ1) is 15.0. The molecule has 1 aromatic carbocycles. The standard InChI is InChI=1S/C24H29BrN4O2/c1-18-21(8-9-22(26-18)19-6-5-7-20(25)16-19)24(31)29-14-12-27(13-15-29)17-23(30)28-10-3-2-4-11-28/h5-9,16H,2-4,10-15,17H2,1H3. The van der Waals surface area contributed by atoms with Crippen LogP contribution in [0.4, 0.5) is 0 Å². The number of carbonyl (C=O) groups excluding carboxylic acids is 2. The van der Waals surface area contributed by atoms with Gasteiger partial charge in [0.25, 0.3) is 5.91 Å². The van der Waals surface area contributed by atoms with Gasteiger partial charge >= 0.3 is 0 Å². The normalized spacial score (nSPS) is 17.6. The van der Waals surface area contributed by atoms with Crippen molar-refractivity contribution in [1.82, 2.24) is 19.7 Å². The Balaban J connectivity index is 1.34. The van der Waals surface area contributed by atoms with Crippen LogP contribution in [0.15, 0.2) is 40.9 Å². The van der Waals surface area contributed by atoms with Gasteiger partial charge < -0.3 is 9.80 Å². The van der Waals surface area contributed by atoms with Crippen molar-refractivity contribution in [2.45, 2.75) is 26.2 Å². The minimum Gasteiger partial charge on any atom is -0.342 e. The summed E-state index contributed by atoms with van der Waals surface area (Å²) in [5.74, 6) is 0.246. The number of aryl methyl sites for hydroxylation is 1. The summed E-state index contributed by atoms with van der Waals surface area (Å²) in [6.45, 7) is 6.87. The Kier molecular flexibility index (Phi) is 7.02. The van der Waals surface area contributed by atoms with Crippen LogP contribution < -0.4 is 0 Å². The van der Waals surface area contributed by atoms with Crippen LogP contribution in [0.1, 0.15) is 35.3 Å². The third-order valence-corrected chi connectivity index (χ3v) is 6.66. The zero-order valence-corrected chi connectivity index (χ0v) is 19.6. The molecule has 0 spiro atoms. The highest BCUT2D eigenvalue weighted by Crippen LogP contribution is 2.23. The zero-order chi connectivity index (χ0) is 21.8. The Bertz CT molecular complexity index is 950. The molecule has 2 fully saturated rings. The number of hydrogen-bond acceptors (Lipinski definition) is 4. The van der Waals surface area contributed by atoms with E-state index in [0.717, 1.165) is 60.4 Å². The molecule has 0 aliphatic carbocycles. The van der Waals surface area contributed by atoms with E-state index >= 15 is 0 Å². The van der Waals surface area contributed by atoms with E-state index in [0.29, 0.717) is 25.2 Å². The molecular formula is C24H29BrN4O2. The van der Waals surface area contributed by atoms with Crippen molar-refractivity contribution in [3.05, 3.63) is 52.1 Å². The van der Waals surface area contributed by atoms with Crippen LogP contribution in [0.25, 0.3) is 11.3 Å². The first kappa shape index (κ1) is 22.0. The summed E-state index contributed by atoms with van der Waals surface area (Å²) in [6, 6.07) is 11.8. The highest BCUT2D eigenvalue weighted by Gasteiger charge is 2.26. The van der Waals surface area contributed by atoms with E-state index in [1.54, 1.807) is 0 Å². The summed E-state index contributed by atoms with van der Waals surface area (Å²) in [6.07, 6.45) is 3.45. The lowest BCUT2D eigenvalue weighted by Gasteiger charge is -2.36. The molecule has 2 amide bonds. The summed E-state index contributed by atoms with van der Waals surface area (Å²) >= 11 is 3.49. The zero-order valence-electron chi connectivity index (χ0n) is 18.0. The minimum atomic E-state index is 0.0211. The molecule has 0 radical (unpaired) electrons. The predicted molar refractivity (Wildman–Crippen MR) is 125 cm³/mol. The van der Waals surface area contributed by atoms with Crippen LogP contribution in [0.3, 0.4) is 0 Å². The lowest BCUT2D eigenvalue weighted by Crippen LogP contribution is -2.52. The smallest absolute Gasteiger partial charge is 0.255 e. The molecule has 0 saturated carbocycles. The molecule has 2 aliphatic rings. The average Bonchev–Trinajstić information content (AvgIpc) is 2.79. The summed E-state index contributed by atoms with van der Waals surface area (Å²) in [5.41, 5.74) is 3.27. The molecule has 2 saturated heterocycles. The predicted octanol–water partition coefficient (Wildman–Crippen LogP) is 3.59. The van der Waals surface area contributed by atoms with E-state index in [-0.39, 0.29) is 11.8 Å². The van der Waals surface area contributed by atoms with Crippen molar-refractivity contribution in [1.29, 1.82) is 0 Å². The van der Waals surface area contributed by atoms with E-state index in [1.165, 1.54) is 6.42 Å². The van der Waals surface area contributed by atoms with Crippen molar-refractivity contribution in [3.8, 4) is 11.3 Å². The molecule has 0 unspecified atom stereocenters. The van der Waals surface area contributed by atoms with Crippen molar-refractivity contribution < 1.29 is 9.59 Å². The number of pyridine rings is 1. The number of likely N-dealkylation sites (tertiary alicyclic amines) is 1. The van der Waals surface area contributed by atoms with Crippen LogP contribution in [0.5, 0.6) is 0 Å². The summed E-state index contributed by atoms with van der Waals surface area (Å²) in [7, 11) is 0. The molecule has 7 heteroatoms. The van der Waals surface area contributed by atoms with Gasteiger partial charge in [0, 0.05) is 49.3 Å². The molecular weight excluding hydrogens is 456 g/mol.